The van der Waals surface area contributed by atoms with Gasteiger partial charge < -0.3 is 19.3 Å². The van der Waals surface area contributed by atoms with Crippen LogP contribution in [0.1, 0.15) is 69.5 Å². The fourth-order valence-corrected chi connectivity index (χ4v) is 6.91. The number of urea groups is 1. The molecular weight excluding hydrogens is 709 g/mol. The molecule has 2 fully saturated rings. The average molecular weight is 759 g/mol. The maximum absolute atomic E-state index is 14.9. The topological polar surface area (TPSA) is 77.9 Å². The van der Waals surface area contributed by atoms with Gasteiger partial charge in [0.15, 0.2) is 0 Å². The van der Waals surface area contributed by atoms with E-state index in [-0.39, 0.29) is 37.2 Å². The average Bonchev–Trinajstić information content (AvgIpc) is 3.49. The van der Waals surface area contributed by atoms with Crippen LogP contribution in [0.3, 0.4) is 0 Å². The molecule has 0 saturated carbocycles. The van der Waals surface area contributed by atoms with Crippen molar-refractivity contribution in [3.63, 3.8) is 0 Å². The number of piperazine rings is 1. The smallest absolute Gasteiger partial charge is 0.326 e. The molecule has 3 aromatic carbocycles. The first-order chi connectivity index (χ1) is 23.5. The minimum atomic E-state index is -0.460. The number of halogens is 3. The van der Waals surface area contributed by atoms with Crippen LogP contribution in [0.4, 0.5) is 4.79 Å². The Morgan fingerprint density at radius 3 is 2.00 bits per heavy atom. The van der Waals surface area contributed by atoms with E-state index in [0.717, 1.165) is 22.3 Å². The maximum atomic E-state index is 14.9. The summed E-state index contributed by atoms with van der Waals surface area (Å²) in [6.07, 6.45) is 0. The quantitative estimate of drug-likeness (QED) is 0.245. The van der Waals surface area contributed by atoms with Crippen LogP contribution in [0.5, 0.6) is 5.75 Å². The van der Waals surface area contributed by atoms with Crippen LogP contribution in [0.15, 0.2) is 71.7 Å². The lowest BCUT2D eigenvalue weighted by Gasteiger charge is -2.39. The van der Waals surface area contributed by atoms with Crippen molar-refractivity contribution in [2.75, 3.05) is 65.6 Å². The molecule has 3 heterocycles. The van der Waals surface area contributed by atoms with Crippen molar-refractivity contribution in [2.24, 2.45) is 4.99 Å². The molecule has 51 heavy (non-hydrogen) atoms. The van der Waals surface area contributed by atoms with Crippen LogP contribution in [-0.4, -0.2) is 103 Å². The molecule has 3 aliphatic rings. The predicted molar refractivity (Wildman–Crippen MR) is 208 cm³/mol. The third-order valence-corrected chi connectivity index (χ3v) is 9.95. The number of hydrogen-bond acceptors (Lipinski definition) is 6. The highest BCUT2D eigenvalue weighted by Gasteiger charge is 2.45. The Morgan fingerprint density at radius 2 is 1.43 bits per heavy atom. The number of amides is 3. The molecule has 0 spiro atoms. The fraction of sp³-hybridized carbons (Fsp3) is 0.462. The monoisotopic (exact) mass is 757 g/mol. The Hall–Kier alpha value is -3.34. The molecular formula is C39H50Cl3N5O4. The first kappa shape index (κ1) is 40.4. The van der Waals surface area contributed by atoms with Crippen LogP contribution in [0.25, 0.3) is 0 Å². The molecule has 3 amide bonds. The number of amidine groups is 1. The number of benzene rings is 3. The summed E-state index contributed by atoms with van der Waals surface area (Å²) in [5.74, 6) is 1.34. The predicted octanol–water partition coefficient (Wildman–Crippen LogP) is 7.89. The van der Waals surface area contributed by atoms with Crippen molar-refractivity contribution < 1.29 is 19.1 Å². The van der Waals surface area contributed by atoms with Gasteiger partial charge in [0, 0.05) is 49.3 Å². The van der Waals surface area contributed by atoms with Crippen molar-refractivity contribution in [3.8, 4) is 5.75 Å². The van der Waals surface area contributed by atoms with E-state index in [1.54, 1.807) is 0 Å². The van der Waals surface area contributed by atoms with Crippen molar-refractivity contribution in [1.29, 1.82) is 0 Å². The largest absolute Gasteiger partial charge is 0.493 e. The lowest BCUT2D eigenvalue weighted by atomic mass is 9.86. The first-order valence-electron chi connectivity index (χ1n) is 17.1. The zero-order valence-corrected chi connectivity index (χ0v) is 31.4. The van der Waals surface area contributed by atoms with Gasteiger partial charge in [0.2, 0.25) is 5.91 Å². The highest BCUT2D eigenvalue weighted by Crippen LogP contribution is 2.46. The third-order valence-electron chi connectivity index (χ3n) is 9.45. The molecule has 0 aromatic heterocycles. The second kappa shape index (κ2) is 17.5. The molecule has 0 radical (unpaired) electrons. The Balaban J connectivity index is 0.00000292. The van der Waals surface area contributed by atoms with Gasteiger partial charge in [0.25, 0.3) is 0 Å². The fourth-order valence-electron chi connectivity index (χ4n) is 6.66. The lowest BCUT2D eigenvalue weighted by molar-refractivity contribution is -0.136. The Bertz CT molecular complexity index is 1670. The van der Waals surface area contributed by atoms with Crippen LogP contribution in [0.2, 0.25) is 10.0 Å². The van der Waals surface area contributed by atoms with E-state index in [2.05, 4.69) is 37.8 Å². The molecule has 3 aromatic rings. The molecule has 0 bridgehead atoms. The Kier molecular flexibility index (Phi) is 13.8. The highest BCUT2D eigenvalue weighted by atomic mass is 35.5. The minimum Gasteiger partial charge on any atom is -0.493 e. The molecule has 0 N–H and O–H groups in total. The summed E-state index contributed by atoms with van der Waals surface area (Å²) in [7, 11) is 0. The van der Waals surface area contributed by atoms with Crippen LogP contribution in [-0.2, 0) is 14.9 Å². The van der Waals surface area contributed by atoms with E-state index in [0.29, 0.717) is 87.3 Å². The van der Waals surface area contributed by atoms with E-state index >= 15 is 0 Å². The number of hydrogen-bond donors (Lipinski definition) is 0. The van der Waals surface area contributed by atoms with E-state index in [1.807, 2.05) is 76.2 Å². The van der Waals surface area contributed by atoms with Crippen LogP contribution < -0.4 is 4.74 Å². The molecule has 0 unspecified atom stereocenters. The second-order valence-corrected chi connectivity index (χ2v) is 14.6. The molecule has 3 aliphatic heterocycles. The summed E-state index contributed by atoms with van der Waals surface area (Å²) in [6, 6.07) is 20.5. The number of carbonyl (C=O) groups excluding carboxylic acids is 2. The van der Waals surface area contributed by atoms with Gasteiger partial charge in [-0.25, -0.2) is 4.79 Å². The standard InChI is InChI=1S/C38H45Cl2N5O4.CH4.ClH/c1-5-49-32-24-28(38(2,3)4)10-15-31(32)36-41-34(26-6-11-29(39)12-7-26)35(27-8-13-30(40)14-9-27)45(36)37(47)44-18-16-42(17-19-44)25-33(46)43-20-22-48-23-21-43;;/h6-15,24,34-35H,5,16-23,25H2,1-4H3;1H4;1H/t34-,35+;;/m0../s1. The van der Waals surface area contributed by atoms with Crippen LogP contribution >= 0.6 is 35.6 Å². The van der Waals surface area contributed by atoms with Gasteiger partial charge in [0.1, 0.15) is 17.6 Å². The molecule has 276 valence electrons. The number of morpholine rings is 1. The number of nitrogens with zero attached hydrogens (tertiary/aromatic N) is 5. The second-order valence-electron chi connectivity index (χ2n) is 13.7. The van der Waals surface area contributed by atoms with E-state index in [1.165, 1.54) is 0 Å². The molecule has 12 heteroatoms. The van der Waals surface area contributed by atoms with Gasteiger partial charge in [-0.1, -0.05) is 81.7 Å². The Morgan fingerprint density at radius 1 is 0.843 bits per heavy atom. The number of aliphatic imine (C=N–C) groups is 1. The maximum Gasteiger partial charge on any atom is 0.326 e. The van der Waals surface area contributed by atoms with Gasteiger partial charge in [-0.2, -0.15) is 0 Å². The van der Waals surface area contributed by atoms with Gasteiger partial charge in [-0.15, -0.1) is 12.4 Å². The number of ether oxygens (including phenoxy) is 2. The molecule has 0 aliphatic carbocycles. The van der Waals surface area contributed by atoms with Gasteiger partial charge in [0.05, 0.1) is 38.0 Å². The van der Waals surface area contributed by atoms with Gasteiger partial charge in [-0.3, -0.25) is 19.6 Å². The van der Waals surface area contributed by atoms with E-state index < -0.39 is 12.1 Å². The Labute approximate surface area is 318 Å². The summed E-state index contributed by atoms with van der Waals surface area (Å²) >= 11 is 12.7. The first-order valence-corrected chi connectivity index (χ1v) is 17.8. The lowest BCUT2D eigenvalue weighted by Crippen LogP contribution is -2.56. The van der Waals surface area contributed by atoms with E-state index in [4.69, 9.17) is 37.7 Å². The summed E-state index contributed by atoms with van der Waals surface area (Å²) in [4.78, 5) is 40.9. The summed E-state index contributed by atoms with van der Waals surface area (Å²) in [5, 5.41) is 1.24. The minimum absolute atomic E-state index is 0. The van der Waals surface area contributed by atoms with Crippen LogP contribution in [0, 0.1) is 0 Å². The van der Waals surface area contributed by atoms with Crippen molar-refractivity contribution in [2.45, 2.75) is 52.6 Å². The van der Waals surface area contributed by atoms with Gasteiger partial charge in [-0.05, 0) is 65.4 Å². The number of carbonyl (C=O) groups is 2. The van der Waals surface area contributed by atoms with E-state index in [9.17, 15) is 9.59 Å². The summed E-state index contributed by atoms with van der Waals surface area (Å²) < 4.78 is 11.7. The highest BCUT2D eigenvalue weighted by molar-refractivity contribution is 6.30. The van der Waals surface area contributed by atoms with Gasteiger partial charge >= 0.3 is 6.03 Å². The normalized spacial score (nSPS) is 19.6. The summed E-state index contributed by atoms with van der Waals surface area (Å²) in [5.41, 5.74) is 3.64. The van der Waals surface area contributed by atoms with Crippen molar-refractivity contribution in [1.82, 2.24) is 19.6 Å². The molecule has 2 saturated heterocycles. The third kappa shape index (κ3) is 9.18. The zero-order chi connectivity index (χ0) is 34.7. The van der Waals surface area contributed by atoms with Crippen molar-refractivity contribution >= 4 is 53.4 Å². The molecule has 6 rings (SSSR count). The molecule has 9 nitrogen and oxygen atoms in total. The zero-order valence-electron chi connectivity index (χ0n) is 29.1. The number of rotatable bonds is 7. The van der Waals surface area contributed by atoms with Crippen molar-refractivity contribution in [3.05, 3.63) is 99.0 Å². The SMILES string of the molecule is C.CCOc1cc(C(C)(C)C)ccc1C1=N[C@@H](c2ccc(Cl)cc2)[C@@H](c2ccc(Cl)cc2)N1C(=O)N1CCN(CC(=O)N2CCOCC2)CC1.Cl. The molecule has 2 atom stereocenters. The summed E-state index contributed by atoms with van der Waals surface area (Å²) in [6.45, 7) is 13.8.